The summed E-state index contributed by atoms with van der Waals surface area (Å²) in [7, 11) is -9.42. The number of halogens is 3. The summed E-state index contributed by atoms with van der Waals surface area (Å²) in [6, 6.07) is 10.6. The van der Waals surface area contributed by atoms with Crippen molar-refractivity contribution in [2.45, 2.75) is 22.2 Å². The minimum atomic E-state index is -5.57. The first kappa shape index (κ1) is 22.0. The number of hydrogen-bond donors (Lipinski definition) is 1. The van der Waals surface area contributed by atoms with Crippen molar-refractivity contribution in [1.82, 2.24) is 0 Å². The van der Waals surface area contributed by atoms with Crippen LogP contribution in [0.3, 0.4) is 0 Å². The number of aryl methyl sites for hydroxylation is 1. The van der Waals surface area contributed by atoms with Crippen molar-refractivity contribution in [1.29, 1.82) is 0 Å². The molecule has 0 amide bonds. The number of hydrogen-bond acceptors (Lipinski definition) is 4. The van der Waals surface area contributed by atoms with Crippen LogP contribution in [0.1, 0.15) is 6.99 Å². The molecule has 0 fully saturated rings. The molecule has 2 aromatic rings. The smallest absolute Gasteiger partial charge is 1.00 e. The molecule has 0 aliphatic carbocycles. The van der Waals surface area contributed by atoms with E-state index in [1.54, 1.807) is 6.07 Å². The summed E-state index contributed by atoms with van der Waals surface area (Å²) in [5, 5.41) is 0. The molecule has 0 aliphatic heterocycles. The van der Waals surface area contributed by atoms with Crippen LogP contribution in [0.5, 0.6) is 0 Å². The van der Waals surface area contributed by atoms with E-state index in [2.05, 4.69) is 0 Å². The first-order valence-electron chi connectivity index (χ1n) is 6.45. The molecule has 2 rings (SSSR count). The predicted octanol–water partition coefficient (Wildman–Crippen LogP) is 0.206. The topological polar surface area (TPSA) is 80.3 Å². The Balaban J connectivity index is 0.00000312. The standard InChI is InChI=1S/C14H12F3NO4S2.Na.H/c1-10-9-12(23(19,20)11-5-3-2-4-6-11)7-8-13(10)18-24(21,22)14(15,16)17;;/h2-9,18H,1H3;;/q;+1;-1. The van der Waals surface area contributed by atoms with Crippen molar-refractivity contribution in [2.75, 3.05) is 4.72 Å². The van der Waals surface area contributed by atoms with Crippen molar-refractivity contribution in [3.05, 3.63) is 54.1 Å². The molecule has 11 heteroatoms. The van der Waals surface area contributed by atoms with Gasteiger partial charge in [-0.25, -0.2) is 8.42 Å². The minimum Gasteiger partial charge on any atom is -1.00 e. The number of nitrogens with one attached hydrogen (secondary N) is 1. The van der Waals surface area contributed by atoms with Gasteiger partial charge in [0.25, 0.3) is 0 Å². The Hall–Kier alpha value is -1.07. The fourth-order valence-corrected chi connectivity index (χ4v) is 3.86. The molecule has 0 aliphatic rings. The first-order chi connectivity index (χ1) is 10.9. The van der Waals surface area contributed by atoms with Gasteiger partial charge in [-0.15, -0.1) is 0 Å². The van der Waals surface area contributed by atoms with Gasteiger partial charge in [0, 0.05) is 0 Å². The van der Waals surface area contributed by atoms with E-state index in [-0.39, 0.29) is 52.0 Å². The Morgan fingerprint density at radius 3 is 1.96 bits per heavy atom. The zero-order valence-corrected chi connectivity index (χ0v) is 16.8. The van der Waals surface area contributed by atoms with Crippen LogP contribution >= 0.6 is 0 Å². The Kier molecular flexibility index (Phi) is 6.74. The molecule has 0 radical (unpaired) electrons. The maximum Gasteiger partial charge on any atom is 1.00 e. The number of rotatable bonds is 4. The van der Waals surface area contributed by atoms with Crippen molar-refractivity contribution in [3.8, 4) is 0 Å². The Morgan fingerprint density at radius 1 is 0.920 bits per heavy atom. The van der Waals surface area contributed by atoms with Gasteiger partial charge in [0.2, 0.25) is 9.84 Å². The van der Waals surface area contributed by atoms with Gasteiger partial charge in [0.05, 0.1) is 15.5 Å². The van der Waals surface area contributed by atoms with Crippen LogP contribution in [-0.2, 0) is 19.9 Å². The quantitative estimate of drug-likeness (QED) is 0.740. The number of benzene rings is 2. The van der Waals surface area contributed by atoms with Crippen LogP contribution in [0, 0.1) is 6.92 Å². The van der Waals surface area contributed by atoms with Crippen molar-refractivity contribution in [3.63, 3.8) is 0 Å². The van der Waals surface area contributed by atoms with Gasteiger partial charge in [-0.05, 0) is 42.8 Å². The molecular formula is C14H13F3NNaO4S2. The summed E-state index contributed by atoms with van der Waals surface area (Å²) in [5.41, 5.74) is -5.77. The molecule has 0 unspecified atom stereocenters. The summed E-state index contributed by atoms with van der Waals surface area (Å²) in [5.74, 6) is 0. The number of anilines is 1. The van der Waals surface area contributed by atoms with Crippen LogP contribution in [0.25, 0.3) is 0 Å². The molecule has 0 saturated carbocycles. The van der Waals surface area contributed by atoms with Crippen LogP contribution in [0.15, 0.2) is 58.3 Å². The van der Waals surface area contributed by atoms with Crippen molar-refractivity contribution in [2.24, 2.45) is 0 Å². The summed E-state index contributed by atoms with van der Waals surface area (Å²) in [6.07, 6.45) is 0. The van der Waals surface area contributed by atoms with E-state index in [1.807, 2.05) is 0 Å². The Morgan fingerprint density at radius 2 is 1.48 bits per heavy atom. The summed E-state index contributed by atoms with van der Waals surface area (Å²) < 4.78 is 85.7. The first-order valence-corrected chi connectivity index (χ1v) is 9.42. The largest absolute Gasteiger partial charge is 1.00 e. The van der Waals surface area contributed by atoms with Gasteiger partial charge in [-0.3, -0.25) is 4.72 Å². The molecule has 0 heterocycles. The maximum atomic E-state index is 12.4. The van der Waals surface area contributed by atoms with E-state index in [4.69, 9.17) is 0 Å². The zero-order chi connectivity index (χ0) is 18.2. The summed E-state index contributed by atoms with van der Waals surface area (Å²) in [6.45, 7) is 1.30. The summed E-state index contributed by atoms with van der Waals surface area (Å²) >= 11 is 0. The molecule has 5 nitrogen and oxygen atoms in total. The van der Waals surface area contributed by atoms with E-state index >= 15 is 0 Å². The molecule has 1 N–H and O–H groups in total. The Bertz CT molecular complexity index is 965. The van der Waals surface area contributed by atoms with E-state index in [0.717, 1.165) is 18.2 Å². The third-order valence-electron chi connectivity index (χ3n) is 3.11. The van der Waals surface area contributed by atoms with Crippen LogP contribution < -0.4 is 34.3 Å². The van der Waals surface area contributed by atoms with Gasteiger partial charge >= 0.3 is 45.1 Å². The second-order valence-corrected chi connectivity index (χ2v) is 8.47. The van der Waals surface area contributed by atoms with E-state index in [0.29, 0.717) is 0 Å². The van der Waals surface area contributed by atoms with Gasteiger partial charge in [0.1, 0.15) is 0 Å². The molecule has 0 aromatic heterocycles. The van der Waals surface area contributed by atoms with Gasteiger partial charge in [0.15, 0.2) is 0 Å². The van der Waals surface area contributed by atoms with Gasteiger partial charge < -0.3 is 1.43 Å². The summed E-state index contributed by atoms with van der Waals surface area (Å²) in [4.78, 5) is -0.130. The Labute approximate surface area is 167 Å². The fraction of sp³-hybridized carbons (Fsp3) is 0.143. The monoisotopic (exact) mass is 403 g/mol. The number of sulfonamides is 1. The fourth-order valence-electron chi connectivity index (χ4n) is 1.86. The SMILES string of the molecule is Cc1cc(S(=O)(=O)c2ccccc2)ccc1NS(=O)(=O)C(F)(F)F.[H-].[Na+]. The number of alkyl halides is 3. The van der Waals surface area contributed by atoms with Gasteiger partial charge in [-0.1, -0.05) is 18.2 Å². The van der Waals surface area contributed by atoms with Crippen molar-refractivity contribution < 1.29 is 61.0 Å². The molecule has 0 bridgehead atoms. The van der Waals surface area contributed by atoms with E-state index in [9.17, 15) is 30.0 Å². The van der Waals surface area contributed by atoms with E-state index in [1.165, 1.54) is 35.9 Å². The molecule has 132 valence electrons. The zero-order valence-electron chi connectivity index (χ0n) is 14.2. The third-order valence-corrected chi connectivity index (χ3v) is 5.98. The average Bonchev–Trinajstić information content (AvgIpc) is 2.49. The molecule has 0 saturated heterocycles. The molecular weight excluding hydrogens is 390 g/mol. The molecule has 25 heavy (non-hydrogen) atoms. The normalized spacial score (nSPS) is 12.3. The molecule has 0 spiro atoms. The van der Waals surface area contributed by atoms with Crippen LogP contribution in [0.2, 0.25) is 0 Å². The maximum absolute atomic E-state index is 12.4. The average molecular weight is 403 g/mol. The second-order valence-electron chi connectivity index (χ2n) is 4.84. The van der Waals surface area contributed by atoms with Crippen LogP contribution in [-0.4, -0.2) is 22.3 Å². The van der Waals surface area contributed by atoms with Crippen molar-refractivity contribution >= 4 is 25.5 Å². The second kappa shape index (κ2) is 7.67. The third kappa shape index (κ3) is 4.76. The minimum absolute atomic E-state index is 0. The predicted molar refractivity (Wildman–Crippen MR) is 82.8 cm³/mol. The van der Waals surface area contributed by atoms with Gasteiger partial charge in [-0.2, -0.15) is 21.6 Å². The van der Waals surface area contributed by atoms with E-state index < -0.39 is 25.4 Å². The molecule has 0 atom stereocenters. The van der Waals surface area contributed by atoms with Crippen LogP contribution in [0.4, 0.5) is 18.9 Å². The molecule has 2 aromatic carbocycles. The number of sulfone groups is 1.